The van der Waals surface area contributed by atoms with Gasteiger partial charge in [0.2, 0.25) is 0 Å². The Kier molecular flexibility index (Phi) is 6.41. The molecule has 0 aliphatic heterocycles. The van der Waals surface area contributed by atoms with Gasteiger partial charge >= 0.3 is 5.97 Å². The summed E-state index contributed by atoms with van der Waals surface area (Å²) in [6.45, 7) is 4.09. The highest BCUT2D eigenvalue weighted by Crippen LogP contribution is 2.30. The van der Waals surface area contributed by atoms with Gasteiger partial charge in [-0.05, 0) is 38.1 Å². The average Bonchev–Trinajstić information content (AvgIpc) is 2.82. The van der Waals surface area contributed by atoms with Crippen molar-refractivity contribution < 1.29 is 9.53 Å². The molecule has 0 aliphatic carbocycles. The molecule has 0 aliphatic rings. The van der Waals surface area contributed by atoms with Crippen molar-refractivity contribution in [3.8, 4) is 11.4 Å². The van der Waals surface area contributed by atoms with Crippen LogP contribution in [0.2, 0.25) is 0 Å². The molecule has 2 N–H and O–H groups in total. The van der Waals surface area contributed by atoms with Crippen LogP contribution < -0.4 is 10.6 Å². The maximum absolute atomic E-state index is 12.6. The lowest BCUT2D eigenvalue weighted by atomic mass is 10.2. The van der Waals surface area contributed by atoms with E-state index < -0.39 is 5.97 Å². The normalized spacial score (nSPS) is 10.4. The number of hydrogen-bond donors (Lipinski definition) is 2. The summed E-state index contributed by atoms with van der Waals surface area (Å²) in [6, 6.07) is 25.5. The first-order chi connectivity index (χ1) is 15.6. The number of esters is 1. The molecule has 0 radical (unpaired) electrons. The van der Waals surface area contributed by atoms with Gasteiger partial charge in [-0.2, -0.15) is 0 Å². The monoisotopic (exact) mass is 424 g/mol. The number of aromatic nitrogens is 2. The van der Waals surface area contributed by atoms with Gasteiger partial charge in [0, 0.05) is 17.4 Å². The minimum Gasteiger partial charge on any atom is -0.462 e. The summed E-state index contributed by atoms with van der Waals surface area (Å²) in [6.07, 6.45) is 1.51. The Morgan fingerprint density at radius 1 is 0.875 bits per heavy atom. The number of aryl methyl sites for hydroxylation is 1. The fraction of sp³-hybridized carbons (Fsp3) is 0.115. The van der Waals surface area contributed by atoms with E-state index in [9.17, 15) is 4.79 Å². The van der Waals surface area contributed by atoms with Gasteiger partial charge in [0.1, 0.15) is 11.4 Å². The molecule has 0 amide bonds. The second-order valence-electron chi connectivity index (χ2n) is 7.20. The highest BCUT2D eigenvalue weighted by atomic mass is 16.5. The lowest BCUT2D eigenvalue weighted by Gasteiger charge is -2.16. The van der Waals surface area contributed by atoms with Gasteiger partial charge in [-0.1, -0.05) is 60.2 Å². The second-order valence-corrected chi connectivity index (χ2v) is 7.20. The van der Waals surface area contributed by atoms with Crippen molar-refractivity contribution >= 4 is 28.8 Å². The van der Waals surface area contributed by atoms with Gasteiger partial charge in [-0.3, -0.25) is 0 Å². The minimum atomic E-state index is -0.474. The number of nitrogens with zero attached hydrogens (tertiary/aromatic N) is 2. The smallest absolute Gasteiger partial charge is 0.343 e. The van der Waals surface area contributed by atoms with E-state index in [0.29, 0.717) is 11.6 Å². The van der Waals surface area contributed by atoms with Gasteiger partial charge in [-0.25, -0.2) is 14.8 Å². The van der Waals surface area contributed by atoms with Crippen molar-refractivity contribution in [2.45, 2.75) is 13.8 Å². The minimum absolute atomic E-state index is 0.268. The van der Waals surface area contributed by atoms with Crippen molar-refractivity contribution in [3.05, 3.63) is 96.2 Å². The van der Waals surface area contributed by atoms with Crippen LogP contribution in [0.3, 0.4) is 0 Å². The predicted molar refractivity (Wildman–Crippen MR) is 128 cm³/mol. The first-order valence-corrected chi connectivity index (χ1v) is 10.4. The Labute approximate surface area is 187 Å². The third-order valence-electron chi connectivity index (χ3n) is 4.83. The van der Waals surface area contributed by atoms with Crippen LogP contribution in [0.5, 0.6) is 0 Å². The molecule has 6 heteroatoms. The first kappa shape index (κ1) is 21.1. The Morgan fingerprint density at radius 2 is 1.53 bits per heavy atom. The van der Waals surface area contributed by atoms with Crippen LogP contribution in [-0.4, -0.2) is 22.5 Å². The molecule has 1 heterocycles. The molecule has 1 aromatic heterocycles. The van der Waals surface area contributed by atoms with E-state index in [1.54, 1.807) is 6.92 Å². The molecule has 0 bridgehead atoms. The van der Waals surface area contributed by atoms with E-state index in [4.69, 9.17) is 4.74 Å². The molecule has 0 saturated heterocycles. The van der Waals surface area contributed by atoms with Crippen LogP contribution in [0.1, 0.15) is 22.8 Å². The zero-order chi connectivity index (χ0) is 22.3. The molecule has 0 atom stereocenters. The predicted octanol–water partition coefficient (Wildman–Crippen LogP) is 6.12. The molecule has 6 nitrogen and oxygen atoms in total. The molecule has 0 saturated carbocycles. The van der Waals surface area contributed by atoms with E-state index in [1.807, 2.05) is 78.9 Å². The van der Waals surface area contributed by atoms with E-state index >= 15 is 0 Å². The van der Waals surface area contributed by atoms with E-state index in [1.165, 1.54) is 11.8 Å². The maximum atomic E-state index is 12.6. The topological polar surface area (TPSA) is 76.1 Å². The number of rotatable bonds is 7. The summed E-state index contributed by atoms with van der Waals surface area (Å²) < 4.78 is 5.21. The van der Waals surface area contributed by atoms with E-state index in [2.05, 4.69) is 27.5 Å². The molecule has 0 spiro atoms. The van der Waals surface area contributed by atoms with Crippen molar-refractivity contribution in [1.29, 1.82) is 0 Å². The van der Waals surface area contributed by atoms with Crippen LogP contribution in [0, 0.1) is 6.92 Å². The quantitative estimate of drug-likeness (QED) is 0.348. The second kappa shape index (κ2) is 9.75. The fourth-order valence-electron chi connectivity index (χ4n) is 3.18. The number of carbonyl (C=O) groups excluding carboxylic acids is 1. The fourth-order valence-corrected chi connectivity index (χ4v) is 3.18. The third-order valence-corrected chi connectivity index (χ3v) is 4.83. The SMILES string of the molecule is CCOC(=O)c1cnc(-c2ccccc2)nc1Nc1ccccc1Nc1ccc(C)cc1. The lowest BCUT2D eigenvalue weighted by molar-refractivity contribution is 0.0526. The molecule has 160 valence electrons. The summed E-state index contributed by atoms with van der Waals surface area (Å²) >= 11 is 0. The summed E-state index contributed by atoms with van der Waals surface area (Å²) in [4.78, 5) is 21.6. The van der Waals surface area contributed by atoms with Gasteiger partial charge < -0.3 is 15.4 Å². The van der Waals surface area contributed by atoms with Crippen LogP contribution in [0.4, 0.5) is 22.9 Å². The molecular weight excluding hydrogens is 400 g/mol. The van der Waals surface area contributed by atoms with E-state index in [0.717, 1.165) is 22.6 Å². The number of para-hydroxylation sites is 2. The molecule has 3 aromatic carbocycles. The molecule has 32 heavy (non-hydrogen) atoms. The first-order valence-electron chi connectivity index (χ1n) is 10.4. The number of carbonyl (C=O) groups is 1. The Hall–Kier alpha value is -4.19. The highest BCUT2D eigenvalue weighted by Gasteiger charge is 2.18. The molecule has 0 fully saturated rings. The standard InChI is InChI=1S/C26H24N4O2/c1-3-32-26(31)21-17-27-24(19-9-5-4-6-10-19)30-25(21)29-23-12-8-7-11-22(23)28-20-15-13-18(2)14-16-20/h4-17,28H,3H2,1-2H3,(H,27,29,30). The van der Waals surface area contributed by atoms with Crippen LogP contribution in [0.25, 0.3) is 11.4 Å². The third kappa shape index (κ3) is 4.92. The highest BCUT2D eigenvalue weighted by molar-refractivity contribution is 5.96. The summed E-state index contributed by atoms with van der Waals surface area (Å²) in [5.74, 6) is 0.430. The molecular formula is C26H24N4O2. The van der Waals surface area contributed by atoms with Crippen molar-refractivity contribution in [3.63, 3.8) is 0 Å². The Morgan fingerprint density at radius 3 is 2.22 bits per heavy atom. The number of hydrogen-bond acceptors (Lipinski definition) is 6. The number of ether oxygens (including phenoxy) is 1. The largest absolute Gasteiger partial charge is 0.462 e. The molecule has 4 rings (SSSR count). The maximum Gasteiger partial charge on any atom is 0.343 e. The van der Waals surface area contributed by atoms with Gasteiger partial charge in [-0.15, -0.1) is 0 Å². The van der Waals surface area contributed by atoms with Crippen LogP contribution in [0.15, 0.2) is 85.1 Å². The van der Waals surface area contributed by atoms with Crippen molar-refractivity contribution in [1.82, 2.24) is 9.97 Å². The molecule has 0 unspecified atom stereocenters. The zero-order valence-electron chi connectivity index (χ0n) is 18.0. The summed E-state index contributed by atoms with van der Waals surface area (Å²) in [7, 11) is 0. The number of benzene rings is 3. The summed E-state index contributed by atoms with van der Waals surface area (Å²) in [5.41, 5.74) is 4.91. The van der Waals surface area contributed by atoms with Crippen LogP contribution >= 0.6 is 0 Å². The number of nitrogens with one attached hydrogen (secondary N) is 2. The van der Waals surface area contributed by atoms with Gasteiger partial charge in [0.25, 0.3) is 0 Å². The van der Waals surface area contributed by atoms with Gasteiger partial charge in [0.15, 0.2) is 5.82 Å². The Bertz CT molecular complexity index is 1210. The van der Waals surface area contributed by atoms with E-state index in [-0.39, 0.29) is 12.2 Å². The zero-order valence-corrected chi connectivity index (χ0v) is 18.0. The lowest BCUT2D eigenvalue weighted by Crippen LogP contribution is -2.11. The average molecular weight is 425 g/mol. The van der Waals surface area contributed by atoms with Crippen molar-refractivity contribution in [2.24, 2.45) is 0 Å². The van der Waals surface area contributed by atoms with Crippen molar-refractivity contribution in [2.75, 3.05) is 17.2 Å². The van der Waals surface area contributed by atoms with Gasteiger partial charge in [0.05, 0.1) is 18.0 Å². The van der Waals surface area contributed by atoms with Crippen LogP contribution in [-0.2, 0) is 4.74 Å². The summed E-state index contributed by atoms with van der Waals surface area (Å²) in [5, 5.41) is 6.73. The molecule has 4 aromatic rings. The Balaban J connectivity index is 1.71. The number of anilines is 4.